The van der Waals surface area contributed by atoms with Crippen LogP contribution in [0.25, 0.3) is 0 Å². The number of carbonyl (C=O) groups is 3. The van der Waals surface area contributed by atoms with Crippen molar-refractivity contribution >= 4 is 17.9 Å². The molecule has 0 heterocycles. The highest BCUT2D eigenvalue weighted by Gasteiger charge is 2.25. The highest BCUT2D eigenvalue weighted by Crippen LogP contribution is 2.20. The number of esters is 2. The number of carboxylic acid groups (broad SMARTS) is 1. The van der Waals surface area contributed by atoms with Crippen molar-refractivity contribution < 1.29 is 42.9 Å². The van der Waals surface area contributed by atoms with Gasteiger partial charge in [0.05, 0.1) is 34.4 Å². The third kappa shape index (κ3) is 67.4. The molecule has 0 aliphatic carbocycles. The lowest BCUT2D eigenvalue weighted by Crippen LogP contribution is -2.40. The first-order valence-corrected chi connectivity index (χ1v) is 36.9. The standard InChI is InChI=1S/C74H143NO8/c1-6-8-10-12-14-16-18-20-22-24-26-27-28-29-30-31-32-33-34-35-36-37-38-39-40-41-42-43-44-45-47-49-51-53-55-57-59-61-63-65-72(77)83-70(69-82-74(73(78)79)80-67-66-75(3,4)5)68-81-71(76)64-62-60-58-56-54-52-50-48-46-25-23-21-19-17-15-13-11-9-7-2/h24,26,70,74H,6-23,25,27-69H2,1-5H3/p+1/b26-24-. The van der Waals surface area contributed by atoms with Gasteiger partial charge in [-0.15, -0.1) is 0 Å². The lowest BCUT2D eigenvalue weighted by atomic mass is 10.0. The first kappa shape index (κ1) is 81.0. The predicted octanol–water partition coefficient (Wildman–Crippen LogP) is 22.8. The average Bonchev–Trinajstić information content (AvgIpc) is 3.46. The summed E-state index contributed by atoms with van der Waals surface area (Å²) in [4.78, 5) is 37.6. The molecular formula is C74H144NO8+. The Balaban J connectivity index is 3.92. The minimum absolute atomic E-state index is 0.173. The number of rotatable bonds is 70. The van der Waals surface area contributed by atoms with Crippen LogP contribution in [-0.4, -0.2) is 87.4 Å². The molecule has 0 amide bonds. The number of carboxylic acids is 1. The summed E-state index contributed by atoms with van der Waals surface area (Å²) in [6.07, 6.45) is 77.9. The molecule has 0 aliphatic heterocycles. The van der Waals surface area contributed by atoms with E-state index in [1.54, 1.807) is 0 Å². The molecule has 0 fully saturated rings. The second-order valence-electron chi connectivity index (χ2n) is 26.6. The average molecular weight is 1180 g/mol. The van der Waals surface area contributed by atoms with E-state index in [-0.39, 0.29) is 38.2 Å². The van der Waals surface area contributed by atoms with E-state index in [2.05, 4.69) is 26.0 Å². The van der Waals surface area contributed by atoms with Gasteiger partial charge in [-0.05, 0) is 38.5 Å². The summed E-state index contributed by atoms with van der Waals surface area (Å²) in [5, 5.41) is 9.74. The molecule has 9 heteroatoms. The second-order valence-corrected chi connectivity index (χ2v) is 26.6. The molecule has 0 bridgehead atoms. The van der Waals surface area contributed by atoms with Crippen molar-refractivity contribution in [1.29, 1.82) is 0 Å². The van der Waals surface area contributed by atoms with Crippen LogP contribution in [-0.2, 0) is 33.3 Å². The SMILES string of the molecule is CCCCCCCCCC/C=C\CCCCCCCCCCCCCCCCCCCCCCCCCCCCCC(=O)OC(COC(=O)CCCCCCCCCCCCCCCCCCCCC)COC(OCC[N+](C)(C)C)C(=O)O. The van der Waals surface area contributed by atoms with E-state index in [9.17, 15) is 19.5 Å². The molecule has 83 heavy (non-hydrogen) atoms. The number of likely N-dealkylation sites (N-methyl/N-ethyl adjacent to an activating group) is 1. The van der Waals surface area contributed by atoms with Crippen LogP contribution in [0.2, 0.25) is 0 Å². The van der Waals surface area contributed by atoms with E-state index in [0.29, 0.717) is 17.4 Å². The highest BCUT2D eigenvalue weighted by atomic mass is 16.7. The van der Waals surface area contributed by atoms with E-state index in [4.69, 9.17) is 18.9 Å². The van der Waals surface area contributed by atoms with Crippen LogP contribution in [0.4, 0.5) is 0 Å². The van der Waals surface area contributed by atoms with Crippen molar-refractivity contribution in [2.45, 2.75) is 399 Å². The molecule has 492 valence electrons. The summed E-state index contributed by atoms with van der Waals surface area (Å²) in [6.45, 7) is 4.96. The molecule has 0 saturated heterocycles. The Morgan fingerprint density at radius 1 is 0.349 bits per heavy atom. The molecule has 0 aromatic carbocycles. The van der Waals surface area contributed by atoms with Crippen LogP contribution in [0.3, 0.4) is 0 Å². The number of quaternary nitrogens is 1. The number of allylic oxidation sites excluding steroid dienone is 2. The fourth-order valence-electron chi connectivity index (χ4n) is 11.4. The third-order valence-corrected chi connectivity index (χ3v) is 17.0. The number of nitrogens with zero attached hydrogens (tertiary/aromatic N) is 1. The maximum atomic E-state index is 12.9. The Morgan fingerprint density at radius 2 is 0.614 bits per heavy atom. The monoisotopic (exact) mass is 1180 g/mol. The first-order chi connectivity index (χ1) is 40.6. The maximum Gasteiger partial charge on any atom is 0.361 e. The maximum absolute atomic E-state index is 12.9. The van der Waals surface area contributed by atoms with Gasteiger partial charge < -0.3 is 28.5 Å². The van der Waals surface area contributed by atoms with Gasteiger partial charge in [0.1, 0.15) is 13.2 Å². The van der Waals surface area contributed by atoms with Gasteiger partial charge in [0.2, 0.25) is 0 Å². The largest absolute Gasteiger partial charge is 0.477 e. The minimum Gasteiger partial charge on any atom is -0.477 e. The van der Waals surface area contributed by atoms with Gasteiger partial charge in [-0.1, -0.05) is 347 Å². The summed E-state index contributed by atoms with van der Waals surface area (Å²) in [5.74, 6) is -1.97. The predicted molar refractivity (Wildman–Crippen MR) is 355 cm³/mol. The zero-order chi connectivity index (χ0) is 60.5. The van der Waals surface area contributed by atoms with Crippen LogP contribution < -0.4 is 0 Å². The number of carbonyl (C=O) groups excluding carboxylic acids is 2. The molecule has 2 unspecified atom stereocenters. The molecule has 0 spiro atoms. The molecule has 0 rings (SSSR count). The Morgan fingerprint density at radius 3 is 0.892 bits per heavy atom. The molecule has 2 atom stereocenters. The highest BCUT2D eigenvalue weighted by molar-refractivity contribution is 5.71. The van der Waals surface area contributed by atoms with E-state index >= 15 is 0 Å². The van der Waals surface area contributed by atoms with Crippen molar-refractivity contribution in [3.63, 3.8) is 0 Å². The van der Waals surface area contributed by atoms with Gasteiger partial charge in [0.25, 0.3) is 6.29 Å². The number of aliphatic carboxylic acids is 1. The lowest BCUT2D eigenvalue weighted by Gasteiger charge is -2.25. The summed E-state index contributed by atoms with van der Waals surface area (Å²) in [7, 11) is 5.99. The second kappa shape index (κ2) is 66.0. The van der Waals surface area contributed by atoms with Gasteiger partial charge in [0, 0.05) is 12.8 Å². The Hall–Kier alpha value is -1.97. The van der Waals surface area contributed by atoms with Crippen molar-refractivity contribution in [1.82, 2.24) is 0 Å². The Labute approximate surface area is 516 Å². The van der Waals surface area contributed by atoms with Crippen molar-refractivity contribution in [2.75, 3.05) is 47.5 Å². The zero-order valence-electron chi connectivity index (χ0n) is 56.4. The minimum atomic E-state index is -1.50. The molecule has 0 saturated carbocycles. The fraction of sp³-hybridized carbons (Fsp3) is 0.932. The molecule has 0 aromatic heterocycles. The quantitative estimate of drug-likeness (QED) is 0.0211. The Kier molecular flexibility index (Phi) is 64.4. The number of unbranched alkanes of at least 4 members (excludes halogenated alkanes) is 53. The van der Waals surface area contributed by atoms with Gasteiger partial charge >= 0.3 is 17.9 Å². The zero-order valence-corrected chi connectivity index (χ0v) is 56.4. The molecule has 0 aliphatic rings. The number of ether oxygens (including phenoxy) is 4. The lowest BCUT2D eigenvalue weighted by molar-refractivity contribution is -0.870. The van der Waals surface area contributed by atoms with Gasteiger partial charge in [0.15, 0.2) is 6.10 Å². The third-order valence-electron chi connectivity index (χ3n) is 17.0. The van der Waals surface area contributed by atoms with Crippen molar-refractivity contribution in [3.8, 4) is 0 Å². The molecular weight excluding hydrogens is 1030 g/mol. The summed E-state index contributed by atoms with van der Waals surface area (Å²) >= 11 is 0. The molecule has 1 N–H and O–H groups in total. The summed E-state index contributed by atoms with van der Waals surface area (Å²) in [6, 6.07) is 0. The number of hydrogen-bond acceptors (Lipinski definition) is 7. The van der Waals surface area contributed by atoms with E-state index in [1.165, 1.54) is 321 Å². The normalized spacial score (nSPS) is 12.6. The first-order valence-electron chi connectivity index (χ1n) is 36.9. The van der Waals surface area contributed by atoms with E-state index < -0.39 is 18.4 Å². The fourth-order valence-corrected chi connectivity index (χ4v) is 11.4. The van der Waals surface area contributed by atoms with Crippen molar-refractivity contribution in [2.24, 2.45) is 0 Å². The molecule has 0 aromatic rings. The van der Waals surface area contributed by atoms with E-state index in [0.717, 1.165) is 38.5 Å². The van der Waals surface area contributed by atoms with Crippen LogP contribution >= 0.6 is 0 Å². The van der Waals surface area contributed by atoms with Crippen LogP contribution in [0.1, 0.15) is 386 Å². The summed E-state index contributed by atoms with van der Waals surface area (Å²) in [5.41, 5.74) is 0. The molecule has 0 radical (unpaired) electrons. The topological polar surface area (TPSA) is 108 Å². The van der Waals surface area contributed by atoms with Gasteiger partial charge in [-0.2, -0.15) is 0 Å². The van der Waals surface area contributed by atoms with Crippen LogP contribution in [0.15, 0.2) is 12.2 Å². The van der Waals surface area contributed by atoms with Crippen molar-refractivity contribution in [3.05, 3.63) is 12.2 Å². The molecule has 9 nitrogen and oxygen atoms in total. The van der Waals surface area contributed by atoms with Gasteiger partial charge in [-0.25, -0.2) is 4.79 Å². The van der Waals surface area contributed by atoms with Crippen LogP contribution in [0.5, 0.6) is 0 Å². The van der Waals surface area contributed by atoms with Gasteiger partial charge in [-0.3, -0.25) is 9.59 Å². The van der Waals surface area contributed by atoms with E-state index in [1.807, 2.05) is 21.1 Å². The number of hydrogen-bond donors (Lipinski definition) is 1. The van der Waals surface area contributed by atoms with Crippen LogP contribution in [0, 0.1) is 0 Å². The Bertz CT molecular complexity index is 1370. The smallest absolute Gasteiger partial charge is 0.361 e. The summed E-state index contributed by atoms with van der Waals surface area (Å²) < 4.78 is 23.0.